The van der Waals surface area contributed by atoms with E-state index in [4.69, 9.17) is 20.8 Å². The third kappa shape index (κ3) is 2.74. The fraction of sp³-hybridized carbons (Fsp3) is 0.357. The van der Waals surface area contributed by atoms with E-state index in [1.807, 2.05) is 0 Å². The van der Waals surface area contributed by atoms with Crippen molar-refractivity contribution in [1.82, 2.24) is 5.32 Å². The zero-order chi connectivity index (χ0) is 13.2. The number of benzene rings is 1. The predicted octanol–water partition coefficient (Wildman–Crippen LogP) is 3.00. The maximum Gasteiger partial charge on any atom is 0.287 e. The van der Waals surface area contributed by atoms with Gasteiger partial charge in [-0.15, -0.1) is 0 Å². The zero-order valence-electron chi connectivity index (χ0n) is 10.3. The van der Waals surface area contributed by atoms with E-state index in [0.29, 0.717) is 22.9 Å². The van der Waals surface area contributed by atoms with Crippen molar-refractivity contribution in [2.75, 3.05) is 13.2 Å². The minimum Gasteiger partial charge on any atom is -0.451 e. The predicted molar refractivity (Wildman–Crippen MR) is 72.5 cm³/mol. The summed E-state index contributed by atoms with van der Waals surface area (Å²) in [5, 5.41) is 4.28. The molecule has 2 heterocycles. The number of fused-ring (bicyclic) bond motifs is 1. The van der Waals surface area contributed by atoms with Crippen LogP contribution in [-0.2, 0) is 4.74 Å². The lowest BCUT2D eigenvalue weighted by Crippen LogP contribution is -2.31. The fourth-order valence-electron chi connectivity index (χ4n) is 2.23. The minimum absolute atomic E-state index is 0.128. The lowest BCUT2D eigenvalue weighted by Gasteiger charge is -2.09. The molecule has 19 heavy (non-hydrogen) atoms. The molecule has 1 amide bonds. The molecule has 1 aliphatic rings. The first-order valence-electron chi connectivity index (χ1n) is 6.31. The van der Waals surface area contributed by atoms with Crippen LogP contribution in [0, 0.1) is 0 Å². The van der Waals surface area contributed by atoms with Gasteiger partial charge in [-0.3, -0.25) is 4.79 Å². The highest BCUT2D eigenvalue weighted by atomic mass is 35.5. The van der Waals surface area contributed by atoms with Gasteiger partial charge in [-0.1, -0.05) is 11.6 Å². The van der Waals surface area contributed by atoms with Crippen LogP contribution >= 0.6 is 11.6 Å². The Morgan fingerprint density at radius 3 is 3.11 bits per heavy atom. The van der Waals surface area contributed by atoms with Gasteiger partial charge in [-0.05, 0) is 37.1 Å². The molecule has 1 aromatic heterocycles. The maximum absolute atomic E-state index is 12.0. The summed E-state index contributed by atoms with van der Waals surface area (Å²) in [6.07, 6.45) is 2.18. The summed E-state index contributed by atoms with van der Waals surface area (Å²) in [4.78, 5) is 12.0. The molecule has 1 saturated heterocycles. The van der Waals surface area contributed by atoms with E-state index in [2.05, 4.69) is 5.32 Å². The Hall–Kier alpha value is -1.52. The average Bonchev–Trinajstić information content (AvgIpc) is 3.04. The Bertz CT molecular complexity index is 602. The van der Waals surface area contributed by atoms with Crippen LogP contribution in [0.5, 0.6) is 0 Å². The van der Waals surface area contributed by atoms with Gasteiger partial charge in [-0.25, -0.2) is 0 Å². The summed E-state index contributed by atoms with van der Waals surface area (Å²) in [7, 11) is 0. The number of carbonyl (C=O) groups is 1. The van der Waals surface area contributed by atoms with Gasteiger partial charge < -0.3 is 14.5 Å². The molecule has 1 N–H and O–H groups in total. The number of rotatable bonds is 3. The van der Waals surface area contributed by atoms with Crippen LogP contribution in [0.1, 0.15) is 23.4 Å². The molecule has 5 heteroatoms. The van der Waals surface area contributed by atoms with Crippen molar-refractivity contribution < 1.29 is 13.9 Å². The minimum atomic E-state index is -0.220. The molecule has 0 saturated carbocycles. The van der Waals surface area contributed by atoms with Crippen molar-refractivity contribution in [3.8, 4) is 0 Å². The van der Waals surface area contributed by atoms with Crippen LogP contribution in [0.2, 0.25) is 5.02 Å². The van der Waals surface area contributed by atoms with E-state index in [9.17, 15) is 4.79 Å². The summed E-state index contributed by atoms with van der Waals surface area (Å²) in [6, 6.07) is 6.97. The summed E-state index contributed by atoms with van der Waals surface area (Å²) in [5.74, 6) is 0.0816. The fourth-order valence-corrected chi connectivity index (χ4v) is 2.41. The molecule has 1 atom stereocenters. The van der Waals surface area contributed by atoms with E-state index in [1.165, 1.54) is 0 Å². The normalized spacial score (nSPS) is 18.9. The van der Waals surface area contributed by atoms with Gasteiger partial charge in [-0.2, -0.15) is 0 Å². The quantitative estimate of drug-likeness (QED) is 0.940. The number of ether oxygens (including phenoxy) is 1. The van der Waals surface area contributed by atoms with E-state index in [-0.39, 0.29) is 12.0 Å². The summed E-state index contributed by atoms with van der Waals surface area (Å²) >= 11 is 5.90. The molecule has 0 aliphatic carbocycles. The summed E-state index contributed by atoms with van der Waals surface area (Å²) in [5.41, 5.74) is 0.659. The number of hydrogen-bond donors (Lipinski definition) is 1. The van der Waals surface area contributed by atoms with E-state index in [1.54, 1.807) is 24.3 Å². The van der Waals surface area contributed by atoms with Gasteiger partial charge in [0.15, 0.2) is 5.76 Å². The Kier molecular flexibility index (Phi) is 3.44. The molecule has 1 aromatic carbocycles. The third-order valence-electron chi connectivity index (χ3n) is 3.22. The molecule has 4 nitrogen and oxygen atoms in total. The maximum atomic E-state index is 12.0. The summed E-state index contributed by atoms with van der Waals surface area (Å²) < 4.78 is 10.9. The van der Waals surface area contributed by atoms with Gasteiger partial charge in [0, 0.05) is 23.6 Å². The Morgan fingerprint density at radius 1 is 1.42 bits per heavy atom. The van der Waals surface area contributed by atoms with E-state index >= 15 is 0 Å². The van der Waals surface area contributed by atoms with E-state index in [0.717, 1.165) is 24.8 Å². The molecule has 0 unspecified atom stereocenters. The van der Waals surface area contributed by atoms with E-state index < -0.39 is 0 Å². The number of halogens is 1. The topological polar surface area (TPSA) is 51.5 Å². The molecule has 0 radical (unpaired) electrons. The van der Waals surface area contributed by atoms with Crippen molar-refractivity contribution in [2.24, 2.45) is 0 Å². The number of amides is 1. The molecule has 2 aromatic rings. The average molecular weight is 280 g/mol. The van der Waals surface area contributed by atoms with Crippen molar-refractivity contribution in [3.05, 3.63) is 35.0 Å². The highest BCUT2D eigenvalue weighted by Gasteiger charge is 2.18. The zero-order valence-corrected chi connectivity index (χ0v) is 11.1. The molecule has 0 spiro atoms. The Labute approximate surface area is 115 Å². The lowest BCUT2D eigenvalue weighted by atomic mass is 10.2. The molecule has 0 bridgehead atoms. The van der Waals surface area contributed by atoms with Crippen molar-refractivity contribution in [1.29, 1.82) is 0 Å². The second-order valence-corrected chi connectivity index (χ2v) is 5.07. The molecular formula is C14H14ClNO3. The number of nitrogens with one attached hydrogen (secondary N) is 1. The van der Waals surface area contributed by atoms with Crippen molar-refractivity contribution in [2.45, 2.75) is 18.9 Å². The van der Waals surface area contributed by atoms with Crippen LogP contribution in [-0.4, -0.2) is 25.2 Å². The SMILES string of the molecule is O=C(NC[C@@H]1CCCO1)c1cc2cc(Cl)ccc2o1. The molecular weight excluding hydrogens is 266 g/mol. The second-order valence-electron chi connectivity index (χ2n) is 4.64. The van der Waals surface area contributed by atoms with Crippen molar-refractivity contribution >= 4 is 28.5 Å². The molecule has 1 fully saturated rings. The first kappa shape index (κ1) is 12.5. The van der Waals surface area contributed by atoms with Gasteiger partial charge in [0.25, 0.3) is 5.91 Å². The first-order chi connectivity index (χ1) is 9.22. The monoisotopic (exact) mass is 279 g/mol. The highest BCUT2D eigenvalue weighted by Crippen LogP contribution is 2.23. The van der Waals surface area contributed by atoms with Crippen LogP contribution in [0.3, 0.4) is 0 Å². The van der Waals surface area contributed by atoms with Crippen LogP contribution < -0.4 is 5.32 Å². The van der Waals surface area contributed by atoms with Crippen molar-refractivity contribution in [3.63, 3.8) is 0 Å². The number of carbonyl (C=O) groups excluding carboxylic acids is 1. The largest absolute Gasteiger partial charge is 0.451 e. The molecule has 100 valence electrons. The third-order valence-corrected chi connectivity index (χ3v) is 3.45. The van der Waals surface area contributed by atoms with Crippen LogP contribution in [0.25, 0.3) is 11.0 Å². The second kappa shape index (κ2) is 5.23. The van der Waals surface area contributed by atoms with Crippen LogP contribution in [0.4, 0.5) is 0 Å². The Balaban J connectivity index is 1.70. The molecule has 3 rings (SSSR count). The lowest BCUT2D eigenvalue weighted by molar-refractivity contribution is 0.0837. The number of hydrogen-bond acceptors (Lipinski definition) is 3. The molecule has 1 aliphatic heterocycles. The smallest absolute Gasteiger partial charge is 0.287 e. The summed E-state index contributed by atoms with van der Waals surface area (Å²) in [6.45, 7) is 1.31. The Morgan fingerprint density at radius 2 is 2.32 bits per heavy atom. The van der Waals surface area contributed by atoms with Gasteiger partial charge in [0.2, 0.25) is 0 Å². The highest BCUT2D eigenvalue weighted by molar-refractivity contribution is 6.31. The van der Waals surface area contributed by atoms with Gasteiger partial charge >= 0.3 is 0 Å². The van der Waals surface area contributed by atoms with Gasteiger partial charge in [0.05, 0.1) is 6.10 Å². The standard InChI is InChI=1S/C14H14ClNO3/c15-10-3-4-12-9(6-10)7-13(19-12)14(17)16-8-11-2-1-5-18-11/h3-4,6-7,11H,1-2,5,8H2,(H,16,17)/t11-/m0/s1. The van der Waals surface area contributed by atoms with Crippen LogP contribution in [0.15, 0.2) is 28.7 Å². The first-order valence-corrected chi connectivity index (χ1v) is 6.69. The number of furan rings is 1. The van der Waals surface area contributed by atoms with Gasteiger partial charge in [0.1, 0.15) is 5.58 Å².